The minimum atomic E-state index is -4.38. The Balaban J connectivity index is 1.59. The van der Waals surface area contributed by atoms with E-state index in [1.54, 1.807) is 31.2 Å². The van der Waals surface area contributed by atoms with Crippen molar-refractivity contribution >= 4 is 5.90 Å². The molecular weight excluding hydrogens is 401 g/mol. The molecule has 0 saturated carbocycles. The van der Waals surface area contributed by atoms with Crippen molar-refractivity contribution in [1.82, 2.24) is 0 Å². The van der Waals surface area contributed by atoms with Gasteiger partial charge in [0.25, 0.3) is 0 Å². The Morgan fingerprint density at radius 3 is 1.87 bits per heavy atom. The average molecular weight is 417 g/mol. The highest BCUT2D eigenvalue weighted by Gasteiger charge is 2.32. The maximum atomic E-state index is 14.0. The molecule has 1 aliphatic rings. The summed E-state index contributed by atoms with van der Waals surface area (Å²) in [6.45, 7) is 1.75. The number of aliphatic imine (C=N–C) groups is 1. The van der Waals surface area contributed by atoms with Gasteiger partial charge in [-0.05, 0) is 47.9 Å². The van der Waals surface area contributed by atoms with Gasteiger partial charge in [-0.25, -0.2) is 13.8 Å². The molecule has 0 amide bonds. The molecule has 0 bridgehead atoms. The van der Waals surface area contributed by atoms with Crippen LogP contribution in [0.4, 0.5) is 22.0 Å². The Labute approximate surface area is 169 Å². The number of benzene rings is 3. The van der Waals surface area contributed by atoms with Crippen LogP contribution in [0.2, 0.25) is 0 Å². The first kappa shape index (κ1) is 20.1. The summed E-state index contributed by atoms with van der Waals surface area (Å²) in [5.74, 6) is -1.59. The molecule has 154 valence electrons. The molecule has 0 N–H and O–H groups in total. The zero-order valence-electron chi connectivity index (χ0n) is 15.8. The van der Waals surface area contributed by atoms with Gasteiger partial charge in [0.1, 0.15) is 29.3 Å². The number of hydrogen-bond donors (Lipinski definition) is 0. The Bertz CT molecular complexity index is 1070. The Hall–Kier alpha value is -3.22. The summed E-state index contributed by atoms with van der Waals surface area (Å²) in [6.07, 6.45) is -4.81. The van der Waals surface area contributed by atoms with Crippen LogP contribution in [0.5, 0.6) is 0 Å². The molecule has 3 aromatic rings. The van der Waals surface area contributed by atoms with E-state index in [0.717, 1.165) is 35.4 Å². The second-order valence-corrected chi connectivity index (χ2v) is 7.00. The molecule has 0 aliphatic carbocycles. The predicted octanol–water partition coefficient (Wildman–Crippen LogP) is 6.56. The van der Waals surface area contributed by atoms with Crippen LogP contribution in [0, 0.1) is 11.6 Å². The number of nitrogens with zero attached hydrogens (tertiary/aromatic N) is 1. The van der Waals surface area contributed by atoms with Crippen molar-refractivity contribution in [3.63, 3.8) is 0 Å². The van der Waals surface area contributed by atoms with E-state index in [9.17, 15) is 22.0 Å². The van der Waals surface area contributed by atoms with E-state index in [2.05, 4.69) is 4.99 Å². The first-order valence-corrected chi connectivity index (χ1v) is 9.20. The molecule has 0 fully saturated rings. The molecule has 3 aromatic carbocycles. The van der Waals surface area contributed by atoms with E-state index in [4.69, 9.17) is 4.74 Å². The zero-order chi connectivity index (χ0) is 21.5. The van der Waals surface area contributed by atoms with Gasteiger partial charge in [0.05, 0.1) is 5.56 Å². The smallest absolute Gasteiger partial charge is 0.416 e. The zero-order valence-corrected chi connectivity index (χ0v) is 15.8. The van der Waals surface area contributed by atoms with Crippen molar-refractivity contribution in [3.8, 4) is 11.1 Å². The van der Waals surface area contributed by atoms with Gasteiger partial charge in [0.15, 0.2) is 0 Å². The van der Waals surface area contributed by atoms with E-state index in [0.29, 0.717) is 5.56 Å². The van der Waals surface area contributed by atoms with Crippen LogP contribution >= 0.6 is 0 Å². The van der Waals surface area contributed by atoms with Crippen molar-refractivity contribution in [2.24, 2.45) is 4.99 Å². The van der Waals surface area contributed by atoms with Crippen molar-refractivity contribution in [2.45, 2.75) is 25.2 Å². The van der Waals surface area contributed by atoms with Gasteiger partial charge in [-0.3, -0.25) is 0 Å². The van der Waals surface area contributed by atoms with Crippen molar-refractivity contribution in [3.05, 3.63) is 95.1 Å². The molecule has 2 nitrogen and oxygen atoms in total. The second-order valence-electron chi connectivity index (χ2n) is 7.00. The molecule has 1 aliphatic heterocycles. The number of halogens is 5. The molecule has 7 heteroatoms. The third-order valence-electron chi connectivity index (χ3n) is 4.97. The number of hydrogen-bond acceptors (Lipinski definition) is 2. The van der Waals surface area contributed by atoms with Crippen molar-refractivity contribution < 1.29 is 26.7 Å². The average Bonchev–Trinajstić information content (AvgIpc) is 3.08. The summed E-state index contributed by atoms with van der Waals surface area (Å²) in [4.78, 5) is 4.36. The second kappa shape index (κ2) is 7.55. The molecule has 0 unspecified atom stereocenters. The quantitative estimate of drug-likeness (QED) is 0.443. The normalized spacial score (nSPS) is 18.8. The first-order valence-electron chi connectivity index (χ1n) is 9.20. The highest BCUT2D eigenvalue weighted by Crippen LogP contribution is 2.34. The fraction of sp³-hybridized carbons (Fsp3) is 0.174. The molecule has 4 rings (SSSR count). The highest BCUT2D eigenvalue weighted by atomic mass is 19.4. The largest absolute Gasteiger partial charge is 0.472 e. The summed E-state index contributed by atoms with van der Waals surface area (Å²) < 4.78 is 71.8. The Morgan fingerprint density at radius 1 is 0.800 bits per heavy atom. The highest BCUT2D eigenvalue weighted by molar-refractivity contribution is 5.96. The fourth-order valence-corrected chi connectivity index (χ4v) is 3.40. The van der Waals surface area contributed by atoms with Crippen LogP contribution < -0.4 is 0 Å². The third-order valence-corrected chi connectivity index (χ3v) is 4.97. The van der Waals surface area contributed by atoms with Gasteiger partial charge in [-0.2, -0.15) is 13.2 Å². The predicted molar refractivity (Wildman–Crippen MR) is 103 cm³/mol. The molecule has 0 radical (unpaired) electrons. The van der Waals surface area contributed by atoms with Crippen molar-refractivity contribution in [2.75, 3.05) is 0 Å². The maximum Gasteiger partial charge on any atom is 0.416 e. The maximum absolute atomic E-state index is 14.0. The van der Waals surface area contributed by atoms with Crippen LogP contribution in [0.3, 0.4) is 0 Å². The summed E-state index contributed by atoms with van der Waals surface area (Å²) in [5.41, 5.74) is 1.14. The van der Waals surface area contributed by atoms with Gasteiger partial charge in [0, 0.05) is 0 Å². The lowest BCUT2D eigenvalue weighted by Gasteiger charge is -2.14. The Morgan fingerprint density at radius 2 is 1.33 bits per heavy atom. The van der Waals surface area contributed by atoms with E-state index in [1.807, 2.05) is 0 Å². The van der Waals surface area contributed by atoms with E-state index in [-0.39, 0.29) is 11.5 Å². The van der Waals surface area contributed by atoms with Crippen LogP contribution in [-0.4, -0.2) is 12.0 Å². The molecule has 0 saturated heterocycles. The van der Waals surface area contributed by atoms with Gasteiger partial charge >= 0.3 is 6.18 Å². The number of alkyl halides is 3. The number of ether oxygens (including phenoxy) is 1. The van der Waals surface area contributed by atoms with Crippen LogP contribution in [-0.2, 0) is 10.9 Å². The van der Waals surface area contributed by atoms with E-state index >= 15 is 0 Å². The van der Waals surface area contributed by atoms with E-state index in [1.165, 1.54) is 18.2 Å². The van der Waals surface area contributed by atoms with Gasteiger partial charge < -0.3 is 4.74 Å². The van der Waals surface area contributed by atoms with Crippen LogP contribution in [0.15, 0.2) is 71.7 Å². The molecule has 2 atom stereocenters. The summed E-state index contributed by atoms with van der Waals surface area (Å²) >= 11 is 0. The van der Waals surface area contributed by atoms with E-state index < -0.39 is 35.5 Å². The van der Waals surface area contributed by atoms with Gasteiger partial charge in [0.2, 0.25) is 5.90 Å². The summed E-state index contributed by atoms with van der Waals surface area (Å²) in [5, 5.41) is 0. The van der Waals surface area contributed by atoms with Gasteiger partial charge in [-0.1, -0.05) is 42.5 Å². The molecule has 1 heterocycles. The standard InChI is InChI=1S/C23H16F5NO/c1-13-21(29-22(30-13)20-18(24)3-2-4-19(20)25)16-7-5-14(6-8-16)15-9-11-17(12-10-15)23(26,27)28/h2-13,21H,1H3/t13-,21+/m0/s1. The lowest BCUT2D eigenvalue weighted by Crippen LogP contribution is -2.14. The SMILES string of the molecule is C[C@@H]1OC(c2c(F)cccc2F)=N[C@H]1c1ccc(-c2ccc(C(F)(F)F)cc2)cc1. The topological polar surface area (TPSA) is 21.6 Å². The fourth-order valence-electron chi connectivity index (χ4n) is 3.40. The molecule has 0 spiro atoms. The van der Waals surface area contributed by atoms with Crippen LogP contribution in [0.1, 0.15) is 29.7 Å². The van der Waals surface area contributed by atoms with Crippen LogP contribution in [0.25, 0.3) is 11.1 Å². The van der Waals surface area contributed by atoms with Gasteiger partial charge in [-0.15, -0.1) is 0 Å². The Kier molecular flexibility index (Phi) is 5.05. The first-order chi connectivity index (χ1) is 14.2. The molecule has 0 aromatic heterocycles. The third kappa shape index (κ3) is 3.79. The lowest BCUT2D eigenvalue weighted by atomic mass is 9.98. The summed E-state index contributed by atoms with van der Waals surface area (Å²) in [7, 11) is 0. The monoisotopic (exact) mass is 417 g/mol. The molecular formula is C23H16F5NO. The summed E-state index contributed by atoms with van der Waals surface area (Å²) in [6, 6.07) is 15.1. The number of rotatable bonds is 3. The minimum absolute atomic E-state index is 0.0880. The van der Waals surface area contributed by atoms with Crippen molar-refractivity contribution in [1.29, 1.82) is 0 Å². The lowest BCUT2D eigenvalue weighted by molar-refractivity contribution is -0.137. The molecule has 30 heavy (non-hydrogen) atoms. The minimum Gasteiger partial charge on any atom is -0.472 e.